The molecule has 0 aliphatic carbocycles. The maximum atomic E-state index is 11.9. The Morgan fingerprint density at radius 1 is 1.35 bits per heavy atom. The van der Waals surface area contributed by atoms with Crippen LogP contribution in [0.25, 0.3) is 10.2 Å². The minimum Gasteiger partial charge on any atom is -0.300 e. The first-order chi connectivity index (χ1) is 9.63. The molecule has 102 valence electrons. The zero-order chi connectivity index (χ0) is 14.1. The lowest BCUT2D eigenvalue weighted by atomic mass is 10.1. The predicted octanol–water partition coefficient (Wildman–Crippen LogP) is 2.14. The molecule has 1 amide bonds. The molecule has 20 heavy (non-hydrogen) atoms. The first kappa shape index (κ1) is 12.7. The van der Waals surface area contributed by atoms with Crippen molar-refractivity contribution in [1.29, 1.82) is 0 Å². The summed E-state index contributed by atoms with van der Waals surface area (Å²) in [5, 5.41) is 7.31. The largest absolute Gasteiger partial charge is 0.300 e. The fourth-order valence-electron chi connectivity index (χ4n) is 1.93. The van der Waals surface area contributed by atoms with Gasteiger partial charge in [-0.3, -0.25) is 4.79 Å². The van der Waals surface area contributed by atoms with Crippen LogP contribution in [0.1, 0.15) is 11.1 Å². The number of hydrogen-bond donors (Lipinski definition) is 1. The Bertz CT molecular complexity index is 724. The molecule has 3 aromatic rings. The highest BCUT2D eigenvalue weighted by Crippen LogP contribution is 2.30. The van der Waals surface area contributed by atoms with E-state index in [9.17, 15) is 4.79 Å². The zero-order valence-electron chi connectivity index (χ0n) is 11.1. The summed E-state index contributed by atoms with van der Waals surface area (Å²) in [4.78, 5) is 20.2. The molecule has 1 N–H and O–H groups in total. The van der Waals surface area contributed by atoms with Gasteiger partial charge >= 0.3 is 0 Å². The van der Waals surface area contributed by atoms with Gasteiger partial charge in [0.05, 0.1) is 10.2 Å². The van der Waals surface area contributed by atoms with Crippen molar-refractivity contribution in [2.75, 3.05) is 5.32 Å². The Balaban J connectivity index is 1.82. The van der Waals surface area contributed by atoms with Crippen molar-refractivity contribution >= 4 is 32.6 Å². The number of aryl methyl sites for hydroxylation is 2. The molecule has 0 radical (unpaired) electrons. The van der Waals surface area contributed by atoms with Gasteiger partial charge in [0.15, 0.2) is 5.13 Å². The molecule has 2 heterocycles. The summed E-state index contributed by atoms with van der Waals surface area (Å²) < 4.78 is 2.58. The van der Waals surface area contributed by atoms with Crippen molar-refractivity contribution in [3.63, 3.8) is 0 Å². The number of thiazole rings is 1. The van der Waals surface area contributed by atoms with Gasteiger partial charge in [-0.2, -0.15) is 5.10 Å². The van der Waals surface area contributed by atoms with E-state index < -0.39 is 0 Å². The van der Waals surface area contributed by atoms with Crippen molar-refractivity contribution < 1.29 is 4.79 Å². The number of benzene rings is 1. The number of rotatable bonds is 3. The van der Waals surface area contributed by atoms with Crippen molar-refractivity contribution in [3.05, 3.63) is 35.9 Å². The Kier molecular flexibility index (Phi) is 3.19. The monoisotopic (exact) mass is 287 g/mol. The van der Waals surface area contributed by atoms with Gasteiger partial charge in [0.1, 0.15) is 19.2 Å². The van der Waals surface area contributed by atoms with Crippen LogP contribution in [0, 0.1) is 13.8 Å². The number of nitrogens with one attached hydrogen (secondary N) is 1. The normalized spacial score (nSPS) is 10.9. The van der Waals surface area contributed by atoms with E-state index in [1.54, 1.807) is 0 Å². The highest BCUT2D eigenvalue weighted by molar-refractivity contribution is 7.22. The summed E-state index contributed by atoms with van der Waals surface area (Å²) in [6.45, 7) is 4.19. The van der Waals surface area contributed by atoms with Crippen LogP contribution in [0.2, 0.25) is 0 Å². The first-order valence-corrected chi connectivity index (χ1v) is 6.94. The molecule has 2 aromatic heterocycles. The fourth-order valence-corrected chi connectivity index (χ4v) is 2.96. The molecule has 7 heteroatoms. The first-order valence-electron chi connectivity index (χ1n) is 6.12. The summed E-state index contributed by atoms with van der Waals surface area (Å²) >= 11 is 1.49. The number of amides is 1. The average molecular weight is 287 g/mol. The van der Waals surface area contributed by atoms with Gasteiger partial charge in [-0.15, -0.1) is 0 Å². The number of hydrogen-bond acceptors (Lipinski definition) is 5. The Labute approximate surface area is 119 Å². The smallest absolute Gasteiger partial charge is 0.247 e. The number of aromatic nitrogens is 4. The van der Waals surface area contributed by atoms with Gasteiger partial charge < -0.3 is 5.32 Å². The Morgan fingerprint density at radius 2 is 2.15 bits per heavy atom. The molecule has 0 bridgehead atoms. The van der Waals surface area contributed by atoms with Crippen LogP contribution in [0.5, 0.6) is 0 Å². The molecular weight excluding hydrogens is 274 g/mol. The van der Waals surface area contributed by atoms with Crippen LogP contribution < -0.4 is 5.32 Å². The standard InChI is InChI=1S/C13H13N5OS/c1-8-3-4-9(2)12-11(8)17-13(20-12)16-10(19)5-18-7-14-6-15-18/h3-4,6-7H,5H2,1-2H3,(H,16,17,19). The van der Waals surface area contributed by atoms with E-state index in [1.807, 2.05) is 19.9 Å². The van der Waals surface area contributed by atoms with Crippen LogP contribution in [0.15, 0.2) is 24.8 Å². The molecule has 1 aromatic carbocycles. The van der Waals surface area contributed by atoms with E-state index in [-0.39, 0.29) is 12.5 Å². The SMILES string of the molecule is Cc1ccc(C)c2sc(NC(=O)Cn3cncn3)nc12. The average Bonchev–Trinajstić information content (AvgIpc) is 3.03. The third-order valence-corrected chi connectivity index (χ3v) is 4.07. The maximum absolute atomic E-state index is 11.9. The third kappa shape index (κ3) is 2.39. The lowest BCUT2D eigenvalue weighted by molar-refractivity contribution is -0.116. The molecule has 0 atom stereocenters. The van der Waals surface area contributed by atoms with Crippen molar-refractivity contribution in [2.24, 2.45) is 0 Å². The number of carbonyl (C=O) groups excluding carboxylic acids is 1. The molecule has 0 aliphatic heterocycles. The summed E-state index contributed by atoms with van der Waals surface area (Å²) in [5.74, 6) is -0.162. The summed E-state index contributed by atoms with van der Waals surface area (Å²) in [6, 6.07) is 4.11. The highest BCUT2D eigenvalue weighted by Gasteiger charge is 2.11. The topological polar surface area (TPSA) is 72.7 Å². The van der Waals surface area contributed by atoms with Crippen LogP contribution in [0.4, 0.5) is 5.13 Å². The molecule has 0 saturated heterocycles. The molecule has 0 spiro atoms. The molecule has 0 aliphatic rings. The summed E-state index contributed by atoms with van der Waals surface area (Å²) in [5.41, 5.74) is 3.23. The molecule has 0 fully saturated rings. The van der Waals surface area contributed by atoms with Gasteiger partial charge in [0.2, 0.25) is 5.91 Å². The van der Waals surface area contributed by atoms with Crippen LogP contribution in [0.3, 0.4) is 0 Å². The predicted molar refractivity (Wildman–Crippen MR) is 77.7 cm³/mol. The van der Waals surface area contributed by atoms with E-state index in [0.29, 0.717) is 5.13 Å². The molecule has 0 saturated carbocycles. The minimum absolute atomic E-state index is 0.133. The highest BCUT2D eigenvalue weighted by atomic mass is 32.1. The lowest BCUT2D eigenvalue weighted by Gasteiger charge is -2.00. The Hall–Kier alpha value is -2.28. The van der Waals surface area contributed by atoms with Gasteiger partial charge in [-0.05, 0) is 25.0 Å². The molecule has 0 unspecified atom stereocenters. The van der Waals surface area contributed by atoms with E-state index >= 15 is 0 Å². The van der Waals surface area contributed by atoms with Crippen molar-refractivity contribution in [3.8, 4) is 0 Å². The summed E-state index contributed by atoms with van der Waals surface area (Å²) in [6.07, 6.45) is 2.91. The molecular formula is C13H13N5OS. The van der Waals surface area contributed by atoms with Crippen molar-refractivity contribution in [2.45, 2.75) is 20.4 Å². The minimum atomic E-state index is -0.162. The van der Waals surface area contributed by atoms with Gasteiger partial charge in [-0.25, -0.2) is 14.6 Å². The third-order valence-electron chi connectivity index (χ3n) is 2.96. The van der Waals surface area contributed by atoms with Gasteiger partial charge in [0.25, 0.3) is 0 Å². The van der Waals surface area contributed by atoms with Crippen LogP contribution in [-0.2, 0) is 11.3 Å². The number of carbonyl (C=O) groups is 1. The lowest BCUT2D eigenvalue weighted by Crippen LogP contribution is -2.18. The van der Waals surface area contributed by atoms with Crippen LogP contribution in [-0.4, -0.2) is 25.7 Å². The molecule has 3 rings (SSSR count). The second-order valence-corrected chi connectivity index (χ2v) is 5.54. The fraction of sp³-hybridized carbons (Fsp3) is 0.231. The molecule has 6 nitrogen and oxygen atoms in total. The quantitative estimate of drug-likeness (QED) is 0.801. The Morgan fingerprint density at radius 3 is 2.85 bits per heavy atom. The van der Waals surface area contributed by atoms with E-state index in [1.165, 1.54) is 34.2 Å². The van der Waals surface area contributed by atoms with E-state index in [4.69, 9.17) is 0 Å². The van der Waals surface area contributed by atoms with Gasteiger partial charge in [-0.1, -0.05) is 23.5 Å². The van der Waals surface area contributed by atoms with E-state index in [0.717, 1.165) is 15.8 Å². The maximum Gasteiger partial charge on any atom is 0.247 e. The van der Waals surface area contributed by atoms with Crippen molar-refractivity contribution in [1.82, 2.24) is 19.7 Å². The second-order valence-electron chi connectivity index (χ2n) is 4.54. The number of fused-ring (bicyclic) bond motifs is 1. The van der Waals surface area contributed by atoms with Gasteiger partial charge in [0, 0.05) is 0 Å². The zero-order valence-corrected chi connectivity index (χ0v) is 11.9. The van der Waals surface area contributed by atoms with E-state index in [2.05, 4.69) is 26.4 Å². The van der Waals surface area contributed by atoms with Crippen LogP contribution >= 0.6 is 11.3 Å². The second kappa shape index (κ2) is 5.01. The summed E-state index contributed by atoms with van der Waals surface area (Å²) in [7, 11) is 0. The number of anilines is 1. The number of nitrogens with zero attached hydrogens (tertiary/aromatic N) is 4.